The van der Waals surface area contributed by atoms with Crippen LogP contribution in [0.5, 0.6) is 0 Å². The molecule has 2 aromatic rings. The van der Waals surface area contributed by atoms with Gasteiger partial charge in [0.05, 0.1) is 6.10 Å². The van der Waals surface area contributed by atoms with Gasteiger partial charge in [0.1, 0.15) is 11.6 Å². The fourth-order valence-electron chi connectivity index (χ4n) is 2.86. The molecule has 0 spiro atoms. The highest BCUT2D eigenvalue weighted by Crippen LogP contribution is 2.54. The van der Waals surface area contributed by atoms with E-state index in [9.17, 15) is 5.11 Å². The molecule has 1 aromatic heterocycles. The lowest BCUT2D eigenvalue weighted by molar-refractivity contribution is 0.0999. The summed E-state index contributed by atoms with van der Waals surface area (Å²) in [6.07, 6.45) is 2.56. The van der Waals surface area contributed by atoms with Crippen molar-refractivity contribution >= 4 is 5.82 Å². The largest absolute Gasteiger partial charge is 0.388 e. The van der Waals surface area contributed by atoms with Crippen molar-refractivity contribution in [1.29, 1.82) is 0 Å². The van der Waals surface area contributed by atoms with Gasteiger partial charge in [-0.3, -0.25) is 0 Å². The quantitative estimate of drug-likeness (QED) is 0.859. The number of hydrogen-bond acceptors (Lipinski definition) is 4. The van der Waals surface area contributed by atoms with E-state index in [-0.39, 0.29) is 5.41 Å². The third-order valence-corrected chi connectivity index (χ3v) is 4.46. The van der Waals surface area contributed by atoms with E-state index in [2.05, 4.69) is 22.2 Å². The minimum Gasteiger partial charge on any atom is -0.388 e. The molecule has 1 atom stereocenters. The van der Waals surface area contributed by atoms with Gasteiger partial charge < -0.3 is 10.4 Å². The number of anilines is 1. The van der Waals surface area contributed by atoms with Crippen LogP contribution in [0.25, 0.3) is 0 Å². The monoisotopic (exact) mass is 297 g/mol. The number of aryl methyl sites for hydroxylation is 2. The molecule has 1 aliphatic rings. The zero-order chi connectivity index (χ0) is 15.6. The molecule has 22 heavy (non-hydrogen) atoms. The van der Waals surface area contributed by atoms with E-state index < -0.39 is 6.10 Å². The van der Waals surface area contributed by atoms with Crippen molar-refractivity contribution in [2.45, 2.75) is 39.2 Å². The average Bonchev–Trinajstić information content (AvgIpc) is 3.34. The minimum atomic E-state index is -0.422. The third kappa shape index (κ3) is 3.12. The molecular formula is C18H23N3O. The van der Waals surface area contributed by atoms with E-state index in [1.165, 1.54) is 0 Å². The maximum atomic E-state index is 10.7. The normalized spacial score (nSPS) is 17.0. The standard InChI is InChI=1S/C18H23N3O/c1-3-15-11-16(21-13(2)20-15)19-12-18(9-10-18)17(22)14-7-5-4-6-8-14/h4-8,11,17,22H,3,9-10,12H2,1-2H3,(H,19,20,21). The van der Waals surface area contributed by atoms with Crippen LogP contribution in [-0.2, 0) is 6.42 Å². The Hall–Kier alpha value is -1.94. The van der Waals surface area contributed by atoms with Gasteiger partial charge in [-0.2, -0.15) is 0 Å². The summed E-state index contributed by atoms with van der Waals surface area (Å²) >= 11 is 0. The van der Waals surface area contributed by atoms with Crippen LogP contribution in [0.2, 0.25) is 0 Å². The first kappa shape index (κ1) is 15.0. The lowest BCUT2D eigenvalue weighted by atomic mass is 9.93. The van der Waals surface area contributed by atoms with Crippen molar-refractivity contribution in [2.24, 2.45) is 5.41 Å². The SMILES string of the molecule is CCc1cc(NCC2(C(O)c3ccccc3)CC2)nc(C)n1. The molecule has 4 heteroatoms. The second-order valence-electron chi connectivity index (χ2n) is 6.17. The van der Waals surface area contributed by atoms with Gasteiger partial charge >= 0.3 is 0 Å². The van der Waals surface area contributed by atoms with Crippen LogP contribution >= 0.6 is 0 Å². The summed E-state index contributed by atoms with van der Waals surface area (Å²) in [5.74, 6) is 1.64. The van der Waals surface area contributed by atoms with Gasteiger partial charge in [-0.25, -0.2) is 9.97 Å². The molecule has 1 fully saturated rings. The molecule has 116 valence electrons. The fourth-order valence-corrected chi connectivity index (χ4v) is 2.86. The number of benzene rings is 1. The minimum absolute atomic E-state index is 0.0629. The number of rotatable bonds is 6. The molecule has 1 unspecified atom stereocenters. The van der Waals surface area contributed by atoms with Crippen LogP contribution in [0.15, 0.2) is 36.4 Å². The second kappa shape index (κ2) is 6.05. The molecule has 0 aliphatic heterocycles. The zero-order valence-electron chi connectivity index (χ0n) is 13.2. The predicted octanol–water partition coefficient (Wildman–Crippen LogP) is 3.27. The van der Waals surface area contributed by atoms with Crippen LogP contribution in [0.4, 0.5) is 5.82 Å². The van der Waals surface area contributed by atoms with Gasteiger partial charge in [0.25, 0.3) is 0 Å². The summed E-state index contributed by atoms with van der Waals surface area (Å²) in [7, 11) is 0. The first-order chi connectivity index (χ1) is 10.6. The van der Waals surface area contributed by atoms with Crippen LogP contribution in [-0.4, -0.2) is 21.6 Å². The predicted molar refractivity (Wildman–Crippen MR) is 87.7 cm³/mol. The molecular weight excluding hydrogens is 274 g/mol. The van der Waals surface area contributed by atoms with Crippen molar-refractivity contribution in [1.82, 2.24) is 9.97 Å². The van der Waals surface area contributed by atoms with E-state index in [0.717, 1.165) is 48.7 Å². The third-order valence-electron chi connectivity index (χ3n) is 4.46. The summed E-state index contributed by atoms with van der Waals surface area (Å²) in [5, 5.41) is 14.1. The molecule has 4 nitrogen and oxygen atoms in total. The van der Waals surface area contributed by atoms with Crippen LogP contribution in [0, 0.1) is 12.3 Å². The lowest BCUT2D eigenvalue weighted by Crippen LogP contribution is -2.23. The molecule has 1 aliphatic carbocycles. The summed E-state index contributed by atoms with van der Waals surface area (Å²) in [5.41, 5.74) is 1.98. The molecule has 1 aromatic carbocycles. The Balaban J connectivity index is 1.69. The fraction of sp³-hybridized carbons (Fsp3) is 0.444. The summed E-state index contributed by atoms with van der Waals surface area (Å²) in [6.45, 7) is 4.74. The van der Waals surface area contributed by atoms with E-state index in [0.29, 0.717) is 0 Å². The Morgan fingerprint density at radius 2 is 1.95 bits per heavy atom. The van der Waals surface area contributed by atoms with E-state index in [1.807, 2.05) is 43.3 Å². The summed E-state index contributed by atoms with van der Waals surface area (Å²) < 4.78 is 0. The van der Waals surface area contributed by atoms with Crippen LogP contribution in [0.3, 0.4) is 0 Å². The molecule has 1 saturated carbocycles. The van der Waals surface area contributed by atoms with Crippen molar-refractivity contribution in [3.05, 3.63) is 53.5 Å². The molecule has 0 radical (unpaired) electrons. The Morgan fingerprint density at radius 3 is 2.59 bits per heavy atom. The smallest absolute Gasteiger partial charge is 0.129 e. The van der Waals surface area contributed by atoms with Crippen molar-refractivity contribution in [3.63, 3.8) is 0 Å². The Kier molecular flexibility index (Phi) is 4.12. The van der Waals surface area contributed by atoms with Crippen molar-refractivity contribution < 1.29 is 5.11 Å². The highest BCUT2D eigenvalue weighted by atomic mass is 16.3. The van der Waals surface area contributed by atoms with Gasteiger partial charge in [0.15, 0.2) is 0 Å². The maximum Gasteiger partial charge on any atom is 0.129 e. The van der Waals surface area contributed by atoms with E-state index in [4.69, 9.17) is 0 Å². The Morgan fingerprint density at radius 1 is 1.23 bits per heavy atom. The first-order valence-electron chi connectivity index (χ1n) is 7.94. The number of aliphatic hydroxyl groups is 1. The molecule has 3 rings (SSSR count). The Bertz CT molecular complexity index is 638. The van der Waals surface area contributed by atoms with Gasteiger partial charge in [-0.1, -0.05) is 37.3 Å². The van der Waals surface area contributed by atoms with Crippen molar-refractivity contribution in [3.8, 4) is 0 Å². The number of nitrogens with zero attached hydrogens (tertiary/aromatic N) is 2. The molecule has 0 bridgehead atoms. The molecule has 0 saturated heterocycles. The maximum absolute atomic E-state index is 10.7. The van der Waals surface area contributed by atoms with Gasteiger partial charge in [0, 0.05) is 23.7 Å². The van der Waals surface area contributed by atoms with Gasteiger partial charge in [-0.15, -0.1) is 0 Å². The second-order valence-corrected chi connectivity index (χ2v) is 6.17. The summed E-state index contributed by atoms with van der Waals surface area (Å²) in [6, 6.07) is 11.9. The number of hydrogen-bond donors (Lipinski definition) is 2. The van der Waals surface area contributed by atoms with E-state index in [1.54, 1.807) is 0 Å². The highest BCUT2D eigenvalue weighted by molar-refractivity contribution is 5.37. The van der Waals surface area contributed by atoms with Crippen molar-refractivity contribution in [2.75, 3.05) is 11.9 Å². The topological polar surface area (TPSA) is 58.0 Å². The van der Waals surface area contributed by atoms with E-state index >= 15 is 0 Å². The first-order valence-corrected chi connectivity index (χ1v) is 7.94. The molecule has 2 N–H and O–H groups in total. The number of aliphatic hydroxyl groups excluding tert-OH is 1. The number of nitrogens with one attached hydrogen (secondary N) is 1. The molecule has 1 heterocycles. The Labute approximate surface area is 131 Å². The van der Waals surface area contributed by atoms with Gasteiger partial charge in [-0.05, 0) is 31.7 Å². The van der Waals surface area contributed by atoms with Crippen LogP contribution in [0.1, 0.15) is 43.0 Å². The molecule has 0 amide bonds. The highest BCUT2D eigenvalue weighted by Gasteiger charge is 2.49. The van der Waals surface area contributed by atoms with Gasteiger partial charge in [0.2, 0.25) is 0 Å². The number of aromatic nitrogens is 2. The summed E-state index contributed by atoms with van der Waals surface area (Å²) in [4.78, 5) is 8.84. The zero-order valence-corrected chi connectivity index (χ0v) is 13.2. The average molecular weight is 297 g/mol. The lowest BCUT2D eigenvalue weighted by Gasteiger charge is -2.23. The van der Waals surface area contributed by atoms with Crippen LogP contribution < -0.4 is 5.32 Å².